The minimum absolute atomic E-state index is 0.0425. The number of allylic oxidation sites excluding steroid dienone is 10. The van der Waals surface area contributed by atoms with E-state index in [2.05, 4.69) is 75.6 Å². The summed E-state index contributed by atoms with van der Waals surface area (Å²) in [6.45, 7) is 18.3. The summed E-state index contributed by atoms with van der Waals surface area (Å²) in [5.41, 5.74) is 7.01. The molecule has 4 heteroatoms. The Hall–Kier alpha value is -3.97. The van der Waals surface area contributed by atoms with E-state index in [0.29, 0.717) is 19.3 Å². The Kier molecular flexibility index (Phi) is 18.8. The highest BCUT2D eigenvalue weighted by Crippen LogP contribution is 2.28. The summed E-state index contributed by atoms with van der Waals surface area (Å²) >= 11 is 0. The maximum atomic E-state index is 14.2. The van der Waals surface area contributed by atoms with Gasteiger partial charge in [0.15, 0.2) is 0 Å². The van der Waals surface area contributed by atoms with E-state index < -0.39 is 0 Å². The van der Waals surface area contributed by atoms with Crippen LogP contribution in [0.2, 0.25) is 0 Å². The quantitative estimate of drug-likeness (QED) is 0.136. The Labute approximate surface area is 286 Å². The molecule has 0 unspecified atom stereocenters. The average Bonchev–Trinajstić information content (AvgIpc) is 3.36. The fraction of sp³-hybridized carbons (Fsp3) is 0.465. The molecule has 1 saturated carbocycles. The van der Waals surface area contributed by atoms with Gasteiger partial charge < -0.3 is 0 Å². The number of rotatable bonds is 16. The first-order valence-corrected chi connectivity index (χ1v) is 18.0. The summed E-state index contributed by atoms with van der Waals surface area (Å²) in [7, 11) is 0. The highest BCUT2D eigenvalue weighted by atomic mass is 16.1. The molecule has 1 aliphatic carbocycles. The van der Waals surface area contributed by atoms with Crippen molar-refractivity contribution in [3.63, 3.8) is 0 Å². The summed E-state index contributed by atoms with van der Waals surface area (Å²) in [4.78, 5) is 19.3. The molecular weight excluding hydrogens is 574 g/mol. The van der Waals surface area contributed by atoms with Gasteiger partial charge in [-0.05, 0) is 67.7 Å². The van der Waals surface area contributed by atoms with Gasteiger partial charge in [0.1, 0.15) is 5.82 Å². The van der Waals surface area contributed by atoms with Crippen LogP contribution in [-0.4, -0.2) is 9.55 Å². The third-order valence-corrected chi connectivity index (χ3v) is 8.73. The summed E-state index contributed by atoms with van der Waals surface area (Å²) in [6.07, 6.45) is 27.9. The lowest BCUT2D eigenvalue weighted by atomic mass is 9.93. The molecule has 3 rings (SSSR count). The molecule has 0 amide bonds. The van der Waals surface area contributed by atoms with E-state index in [1.807, 2.05) is 43.6 Å². The van der Waals surface area contributed by atoms with Gasteiger partial charge in [-0.15, -0.1) is 0 Å². The molecule has 1 fully saturated rings. The maximum absolute atomic E-state index is 14.2. The van der Waals surface area contributed by atoms with Crippen LogP contribution in [-0.2, 0) is 25.7 Å². The molecule has 47 heavy (non-hydrogen) atoms. The molecule has 0 atom stereocenters. The van der Waals surface area contributed by atoms with Gasteiger partial charge in [-0.1, -0.05) is 152 Å². The van der Waals surface area contributed by atoms with Crippen LogP contribution in [0.15, 0.2) is 90.3 Å². The zero-order valence-electron chi connectivity index (χ0n) is 30.0. The number of hydrogen-bond acceptors (Lipinski definition) is 3. The van der Waals surface area contributed by atoms with Crippen molar-refractivity contribution in [2.75, 3.05) is 0 Å². The molecule has 0 radical (unpaired) electrons. The fourth-order valence-corrected chi connectivity index (χ4v) is 6.27. The van der Waals surface area contributed by atoms with E-state index in [1.54, 1.807) is 6.08 Å². The average molecular weight is 634 g/mol. The van der Waals surface area contributed by atoms with Gasteiger partial charge in [-0.3, -0.25) is 9.36 Å². The Morgan fingerprint density at radius 1 is 1.04 bits per heavy atom. The lowest BCUT2D eigenvalue weighted by molar-refractivity contribution is 0.460. The zero-order chi connectivity index (χ0) is 34.4. The Morgan fingerprint density at radius 3 is 2.34 bits per heavy atom. The van der Waals surface area contributed by atoms with Crippen molar-refractivity contribution in [3.05, 3.63) is 124 Å². The minimum atomic E-state index is 0.0425. The van der Waals surface area contributed by atoms with Gasteiger partial charge in [0.2, 0.25) is 0 Å². The van der Waals surface area contributed by atoms with Crippen LogP contribution in [0.5, 0.6) is 0 Å². The summed E-state index contributed by atoms with van der Waals surface area (Å²) in [5, 5.41) is 9.34. The third-order valence-electron chi connectivity index (χ3n) is 8.73. The van der Waals surface area contributed by atoms with Gasteiger partial charge in [0, 0.05) is 17.7 Å². The van der Waals surface area contributed by atoms with Gasteiger partial charge in [-0.2, -0.15) is 5.26 Å². The molecule has 0 N–H and O–H groups in total. The van der Waals surface area contributed by atoms with E-state index in [-0.39, 0.29) is 5.56 Å². The molecule has 0 spiro atoms. The third kappa shape index (κ3) is 12.6. The lowest BCUT2D eigenvalue weighted by Crippen LogP contribution is -2.30. The highest BCUT2D eigenvalue weighted by Gasteiger charge is 2.18. The topological polar surface area (TPSA) is 58.7 Å². The van der Waals surface area contributed by atoms with Crippen LogP contribution in [0.4, 0.5) is 0 Å². The normalized spacial score (nSPS) is 14.5. The molecule has 0 aliphatic heterocycles. The Morgan fingerprint density at radius 2 is 1.74 bits per heavy atom. The van der Waals surface area contributed by atoms with Crippen molar-refractivity contribution >= 4 is 11.3 Å². The first kappa shape index (κ1) is 39.2. The van der Waals surface area contributed by atoms with Crippen LogP contribution < -0.4 is 5.56 Å². The largest absolute Gasteiger partial charge is 0.269 e. The lowest BCUT2D eigenvalue weighted by Gasteiger charge is -2.18. The molecule has 4 nitrogen and oxygen atoms in total. The predicted octanol–water partition coefficient (Wildman–Crippen LogP) is 11.3. The molecular formula is C43H59N3O. The monoisotopic (exact) mass is 633 g/mol. The minimum Gasteiger partial charge on any atom is -0.269 e. The van der Waals surface area contributed by atoms with E-state index in [0.717, 1.165) is 83.1 Å². The summed E-state index contributed by atoms with van der Waals surface area (Å²) in [5.74, 6) is 1.53. The second-order valence-corrected chi connectivity index (χ2v) is 12.1. The summed E-state index contributed by atoms with van der Waals surface area (Å²) in [6, 6.07) is 10.7. The fourth-order valence-electron chi connectivity index (χ4n) is 6.27. The van der Waals surface area contributed by atoms with Gasteiger partial charge in [-0.25, -0.2) is 4.98 Å². The molecule has 0 saturated heterocycles. The smallest absolute Gasteiger partial charge is 0.261 e. The number of nitriles is 1. The molecule has 1 aliphatic rings. The van der Waals surface area contributed by atoms with Crippen molar-refractivity contribution < 1.29 is 0 Å². The Bertz CT molecular complexity index is 1480. The Balaban J connectivity index is 0.00000376. The van der Waals surface area contributed by atoms with Crippen LogP contribution >= 0.6 is 0 Å². The van der Waals surface area contributed by atoms with Crippen molar-refractivity contribution in [1.82, 2.24) is 9.55 Å². The molecule has 2 aromatic rings. The van der Waals surface area contributed by atoms with Crippen LogP contribution in [0.25, 0.3) is 11.3 Å². The highest BCUT2D eigenvalue weighted by molar-refractivity contribution is 5.67. The standard InChI is InChI=1S/C41H53N3O.C2H6/c1-6-10-11-16-20-35(29-30-42)36-25-22-33(23-26-36)24-28-38-39(17-7-2)43-40(9-4)44(41(38)45)37(8-3)27-21-32(5)31-34-18-14-12-13-15-19-34;1-2/h6,8,10-11,20-23,25-27,34H,1,5,7,9,12-19,24,28-29,31H2,2-4H3;1-2H3/b11-10-,27-21-,35-20+,37-8+;. The summed E-state index contributed by atoms with van der Waals surface area (Å²) < 4.78 is 1.83. The van der Waals surface area contributed by atoms with Crippen molar-refractivity contribution in [1.29, 1.82) is 5.26 Å². The van der Waals surface area contributed by atoms with E-state index in [4.69, 9.17) is 4.98 Å². The molecule has 1 aromatic heterocycles. The van der Waals surface area contributed by atoms with E-state index in [1.165, 1.54) is 38.5 Å². The van der Waals surface area contributed by atoms with Gasteiger partial charge in [0.05, 0.1) is 18.2 Å². The number of aryl methyl sites for hydroxylation is 3. The van der Waals surface area contributed by atoms with E-state index >= 15 is 0 Å². The van der Waals surface area contributed by atoms with Crippen molar-refractivity contribution in [3.8, 4) is 6.07 Å². The van der Waals surface area contributed by atoms with Gasteiger partial charge in [0.25, 0.3) is 5.56 Å². The SMILES string of the molecule is C=C/C=C\C/C=C(\CC#N)c1ccc(CCc2c(CCC)nc(CC)n(C(/C=C\C(=C)CC3CCCCCC3)=C/C)c2=O)cc1.CC. The molecule has 1 heterocycles. The second kappa shape index (κ2) is 22.5. The van der Waals surface area contributed by atoms with Gasteiger partial charge >= 0.3 is 0 Å². The second-order valence-electron chi connectivity index (χ2n) is 12.1. The molecule has 1 aromatic carbocycles. The maximum Gasteiger partial charge on any atom is 0.261 e. The zero-order valence-corrected chi connectivity index (χ0v) is 30.0. The first-order valence-electron chi connectivity index (χ1n) is 18.0. The molecule has 252 valence electrons. The number of benzene rings is 1. The molecule has 0 bridgehead atoms. The number of nitrogens with zero attached hydrogens (tertiary/aromatic N) is 3. The predicted molar refractivity (Wildman–Crippen MR) is 203 cm³/mol. The van der Waals surface area contributed by atoms with Crippen molar-refractivity contribution in [2.45, 2.75) is 125 Å². The number of aromatic nitrogens is 2. The number of hydrogen-bond donors (Lipinski definition) is 0. The van der Waals surface area contributed by atoms with E-state index in [9.17, 15) is 10.1 Å². The van der Waals surface area contributed by atoms with Crippen molar-refractivity contribution in [2.24, 2.45) is 5.92 Å². The van der Waals surface area contributed by atoms with Crippen LogP contribution in [0.3, 0.4) is 0 Å². The van der Waals surface area contributed by atoms with Crippen LogP contribution in [0.1, 0.15) is 127 Å². The van der Waals surface area contributed by atoms with Crippen LogP contribution in [0, 0.1) is 17.2 Å². The first-order chi connectivity index (χ1) is 22.9.